The first-order valence-electron chi connectivity index (χ1n) is 5.86. The van der Waals surface area contributed by atoms with Gasteiger partial charge in [0.1, 0.15) is 5.82 Å². The summed E-state index contributed by atoms with van der Waals surface area (Å²) in [5.41, 5.74) is 5.40. The van der Waals surface area contributed by atoms with Crippen molar-refractivity contribution in [1.82, 2.24) is 9.97 Å². The molecule has 0 spiro atoms. The van der Waals surface area contributed by atoms with E-state index in [0.717, 1.165) is 33.0 Å². The number of H-pyrrole nitrogens is 1. The van der Waals surface area contributed by atoms with E-state index in [9.17, 15) is 0 Å². The number of hydrogen-bond acceptors (Lipinski definition) is 1. The van der Waals surface area contributed by atoms with Crippen LogP contribution in [0.15, 0.2) is 36.4 Å². The summed E-state index contributed by atoms with van der Waals surface area (Å²) in [5, 5.41) is 0.783. The summed E-state index contributed by atoms with van der Waals surface area (Å²) in [4.78, 5) is 7.94. The second kappa shape index (κ2) is 4.14. The van der Waals surface area contributed by atoms with Gasteiger partial charge in [-0.15, -0.1) is 0 Å². The highest BCUT2D eigenvalue weighted by molar-refractivity contribution is 6.31. The Morgan fingerprint density at radius 2 is 1.89 bits per heavy atom. The standard InChI is InChI=1S/C15H13ClN2/c1-9-3-6-13-14(7-9)18-15(17-13)11-4-5-12(16)10(2)8-11/h3-8H,1-2H3,(H,17,18). The minimum atomic E-state index is 0.783. The van der Waals surface area contributed by atoms with Gasteiger partial charge in [-0.3, -0.25) is 0 Å². The number of rotatable bonds is 1. The largest absolute Gasteiger partial charge is 0.338 e. The van der Waals surface area contributed by atoms with Crippen molar-refractivity contribution < 1.29 is 0 Å². The average molecular weight is 257 g/mol. The number of nitrogens with one attached hydrogen (secondary N) is 1. The second-order valence-corrected chi connectivity index (χ2v) is 4.98. The van der Waals surface area contributed by atoms with Crippen LogP contribution in [0, 0.1) is 13.8 Å². The molecule has 3 aromatic rings. The lowest BCUT2D eigenvalue weighted by Gasteiger charge is -2.00. The minimum Gasteiger partial charge on any atom is -0.338 e. The van der Waals surface area contributed by atoms with Crippen molar-refractivity contribution in [2.75, 3.05) is 0 Å². The first kappa shape index (κ1) is 11.3. The van der Waals surface area contributed by atoms with E-state index >= 15 is 0 Å². The van der Waals surface area contributed by atoms with Gasteiger partial charge in [0, 0.05) is 10.6 Å². The third kappa shape index (κ3) is 1.89. The lowest BCUT2D eigenvalue weighted by atomic mass is 10.1. The quantitative estimate of drug-likeness (QED) is 0.682. The summed E-state index contributed by atoms with van der Waals surface area (Å²) in [7, 11) is 0. The van der Waals surface area contributed by atoms with Crippen LogP contribution in [-0.4, -0.2) is 9.97 Å². The lowest BCUT2D eigenvalue weighted by molar-refractivity contribution is 1.32. The number of hydrogen-bond donors (Lipinski definition) is 1. The van der Waals surface area contributed by atoms with Gasteiger partial charge in [-0.2, -0.15) is 0 Å². The number of aromatic amines is 1. The van der Waals surface area contributed by atoms with Gasteiger partial charge >= 0.3 is 0 Å². The molecule has 0 radical (unpaired) electrons. The summed E-state index contributed by atoms with van der Waals surface area (Å²) >= 11 is 6.04. The fourth-order valence-electron chi connectivity index (χ4n) is 2.05. The van der Waals surface area contributed by atoms with Crippen LogP contribution in [0.2, 0.25) is 5.02 Å². The van der Waals surface area contributed by atoms with E-state index in [1.807, 2.05) is 31.2 Å². The minimum absolute atomic E-state index is 0.783. The normalized spacial score (nSPS) is 11.1. The Hall–Kier alpha value is -1.80. The number of aromatic nitrogens is 2. The maximum Gasteiger partial charge on any atom is 0.138 e. The molecule has 0 saturated carbocycles. The molecule has 18 heavy (non-hydrogen) atoms. The van der Waals surface area contributed by atoms with Crippen LogP contribution in [0.5, 0.6) is 0 Å². The Labute approximate surface area is 111 Å². The van der Waals surface area contributed by atoms with E-state index in [1.54, 1.807) is 0 Å². The summed E-state index contributed by atoms with van der Waals surface area (Å²) < 4.78 is 0. The van der Waals surface area contributed by atoms with Crippen LogP contribution < -0.4 is 0 Å². The molecule has 3 rings (SSSR count). The van der Waals surface area contributed by atoms with Gasteiger partial charge in [-0.1, -0.05) is 17.7 Å². The third-order valence-corrected chi connectivity index (χ3v) is 3.49. The second-order valence-electron chi connectivity index (χ2n) is 4.57. The van der Waals surface area contributed by atoms with Crippen LogP contribution in [0.25, 0.3) is 22.4 Å². The predicted octanol–water partition coefficient (Wildman–Crippen LogP) is 4.50. The molecule has 0 atom stereocenters. The van der Waals surface area contributed by atoms with Gasteiger partial charge < -0.3 is 4.98 Å². The van der Waals surface area contributed by atoms with Crippen molar-refractivity contribution in [3.63, 3.8) is 0 Å². The molecule has 1 N–H and O–H groups in total. The Morgan fingerprint density at radius 3 is 2.67 bits per heavy atom. The molecule has 0 bridgehead atoms. The van der Waals surface area contributed by atoms with Crippen molar-refractivity contribution in [3.8, 4) is 11.4 Å². The summed E-state index contributed by atoms with van der Waals surface area (Å²) in [5.74, 6) is 0.885. The average Bonchev–Trinajstić information content (AvgIpc) is 2.75. The Kier molecular flexibility index (Phi) is 2.60. The molecule has 0 unspecified atom stereocenters. The molecular weight excluding hydrogens is 244 g/mol. The molecule has 90 valence electrons. The number of benzene rings is 2. The molecule has 0 saturated heterocycles. The number of fused-ring (bicyclic) bond motifs is 1. The van der Waals surface area contributed by atoms with Crippen molar-refractivity contribution >= 4 is 22.6 Å². The summed E-state index contributed by atoms with van der Waals surface area (Å²) in [6.45, 7) is 4.07. The van der Waals surface area contributed by atoms with Gasteiger partial charge in [0.05, 0.1) is 11.0 Å². The van der Waals surface area contributed by atoms with E-state index in [0.29, 0.717) is 0 Å². The molecule has 0 fully saturated rings. The third-order valence-electron chi connectivity index (χ3n) is 3.07. The highest BCUT2D eigenvalue weighted by atomic mass is 35.5. The van der Waals surface area contributed by atoms with Crippen molar-refractivity contribution in [2.24, 2.45) is 0 Å². The van der Waals surface area contributed by atoms with Gasteiger partial charge in [0.15, 0.2) is 0 Å². The Balaban J connectivity index is 2.16. The SMILES string of the molecule is Cc1ccc2nc(-c3ccc(Cl)c(C)c3)[nH]c2c1. The zero-order valence-electron chi connectivity index (χ0n) is 10.3. The van der Waals surface area contributed by atoms with E-state index < -0.39 is 0 Å². The maximum absolute atomic E-state index is 6.04. The van der Waals surface area contributed by atoms with E-state index in [1.165, 1.54) is 5.56 Å². The van der Waals surface area contributed by atoms with Crippen LogP contribution in [0.3, 0.4) is 0 Å². The molecule has 0 aliphatic carbocycles. The first-order valence-corrected chi connectivity index (χ1v) is 6.24. The highest BCUT2D eigenvalue weighted by Crippen LogP contribution is 2.25. The smallest absolute Gasteiger partial charge is 0.138 e. The molecule has 1 heterocycles. The Bertz CT molecular complexity index is 728. The fourth-order valence-corrected chi connectivity index (χ4v) is 2.17. The summed E-state index contributed by atoms with van der Waals surface area (Å²) in [6, 6.07) is 12.2. The van der Waals surface area contributed by atoms with Crippen molar-refractivity contribution in [3.05, 3.63) is 52.5 Å². The van der Waals surface area contributed by atoms with Gasteiger partial charge in [-0.25, -0.2) is 4.98 Å². The molecule has 0 aliphatic rings. The van der Waals surface area contributed by atoms with Crippen molar-refractivity contribution in [2.45, 2.75) is 13.8 Å². The molecule has 0 amide bonds. The predicted molar refractivity (Wildman–Crippen MR) is 76.0 cm³/mol. The Morgan fingerprint density at radius 1 is 1.06 bits per heavy atom. The number of nitrogens with zero attached hydrogens (tertiary/aromatic N) is 1. The lowest BCUT2D eigenvalue weighted by Crippen LogP contribution is -1.82. The monoisotopic (exact) mass is 256 g/mol. The molecule has 2 aromatic carbocycles. The van der Waals surface area contributed by atoms with Crippen LogP contribution in [0.4, 0.5) is 0 Å². The molecule has 3 heteroatoms. The summed E-state index contributed by atoms with van der Waals surface area (Å²) in [6.07, 6.45) is 0. The molecular formula is C15H13ClN2. The van der Waals surface area contributed by atoms with E-state index in [4.69, 9.17) is 11.6 Å². The molecule has 1 aromatic heterocycles. The topological polar surface area (TPSA) is 28.7 Å². The van der Waals surface area contributed by atoms with Gasteiger partial charge in [0.25, 0.3) is 0 Å². The zero-order valence-corrected chi connectivity index (χ0v) is 11.0. The highest BCUT2D eigenvalue weighted by Gasteiger charge is 2.06. The fraction of sp³-hybridized carbons (Fsp3) is 0.133. The van der Waals surface area contributed by atoms with Crippen molar-refractivity contribution in [1.29, 1.82) is 0 Å². The maximum atomic E-state index is 6.04. The van der Waals surface area contributed by atoms with Crippen LogP contribution >= 0.6 is 11.6 Å². The van der Waals surface area contributed by atoms with Gasteiger partial charge in [0.2, 0.25) is 0 Å². The number of halogens is 1. The number of imidazole rings is 1. The van der Waals surface area contributed by atoms with Gasteiger partial charge in [-0.05, 0) is 55.3 Å². The number of aryl methyl sites for hydroxylation is 2. The van der Waals surface area contributed by atoms with E-state index in [2.05, 4.69) is 29.0 Å². The van der Waals surface area contributed by atoms with Crippen LogP contribution in [-0.2, 0) is 0 Å². The van der Waals surface area contributed by atoms with E-state index in [-0.39, 0.29) is 0 Å². The first-order chi connectivity index (χ1) is 8.63. The van der Waals surface area contributed by atoms with Crippen LogP contribution in [0.1, 0.15) is 11.1 Å². The molecule has 0 aliphatic heterocycles. The zero-order chi connectivity index (χ0) is 12.7. The molecule has 2 nitrogen and oxygen atoms in total.